The number of unbranched alkanes of at least 4 members (excludes halogenated alkanes) is 5. The van der Waals surface area contributed by atoms with Crippen LogP contribution in [0.1, 0.15) is 55.1 Å². The van der Waals surface area contributed by atoms with Gasteiger partial charge >= 0.3 is 0 Å². The summed E-state index contributed by atoms with van der Waals surface area (Å²) in [7, 11) is 0. The summed E-state index contributed by atoms with van der Waals surface area (Å²) in [6.07, 6.45) is 9.60. The number of aryl methyl sites for hydroxylation is 1. The maximum atomic E-state index is 11.3. The zero-order valence-corrected chi connectivity index (χ0v) is 13.7. The van der Waals surface area contributed by atoms with Gasteiger partial charge < -0.3 is 0 Å². The van der Waals surface area contributed by atoms with Gasteiger partial charge in [0, 0.05) is 12.7 Å². The van der Waals surface area contributed by atoms with Crippen LogP contribution >= 0.6 is 11.3 Å². The molecule has 0 aliphatic heterocycles. The van der Waals surface area contributed by atoms with Crippen molar-refractivity contribution in [1.82, 2.24) is 15.3 Å². The number of nitrogens with one attached hydrogen (secondary N) is 1. The molecule has 0 spiro atoms. The minimum absolute atomic E-state index is 0.475. The minimum Gasteiger partial charge on any atom is -0.288 e. The van der Waals surface area contributed by atoms with Crippen molar-refractivity contribution in [1.29, 1.82) is 0 Å². The molecule has 0 atom stereocenters. The molecule has 0 unspecified atom stereocenters. The lowest BCUT2D eigenvalue weighted by Gasteiger charge is -2.01. The third-order valence-electron chi connectivity index (χ3n) is 3.57. The molecule has 5 nitrogen and oxygen atoms in total. The summed E-state index contributed by atoms with van der Waals surface area (Å²) in [5.74, 6) is -0.484. The van der Waals surface area contributed by atoms with E-state index in [0.717, 1.165) is 23.5 Å². The number of hydrogen-bond acceptors (Lipinski definition) is 4. The fourth-order valence-corrected chi connectivity index (χ4v) is 3.19. The Hall–Kier alpha value is -1.66. The largest absolute Gasteiger partial charge is 0.288 e. The number of hydroxylamine groups is 1. The molecular formula is C16H23N3O2S. The first-order valence-electron chi connectivity index (χ1n) is 7.82. The highest BCUT2D eigenvalue weighted by atomic mass is 32.1. The Morgan fingerprint density at radius 1 is 1.23 bits per heavy atom. The average Bonchev–Trinajstić information content (AvgIpc) is 3.18. The molecule has 0 radical (unpaired) electrons. The molecule has 0 aliphatic rings. The van der Waals surface area contributed by atoms with E-state index in [9.17, 15) is 4.79 Å². The molecule has 0 bridgehead atoms. The van der Waals surface area contributed by atoms with Crippen LogP contribution in [0.2, 0.25) is 0 Å². The average molecular weight is 321 g/mol. The molecule has 1 amide bonds. The number of carbonyl (C=O) groups excluding carboxylic acids is 1. The molecule has 2 rings (SSSR count). The van der Waals surface area contributed by atoms with Gasteiger partial charge in [0.05, 0.1) is 9.75 Å². The van der Waals surface area contributed by atoms with Crippen LogP contribution in [0.5, 0.6) is 0 Å². The number of nitrogens with zero attached hydrogens (tertiary/aromatic N) is 2. The van der Waals surface area contributed by atoms with Crippen LogP contribution in [-0.4, -0.2) is 20.9 Å². The predicted molar refractivity (Wildman–Crippen MR) is 88.2 cm³/mol. The maximum absolute atomic E-state index is 11.3. The van der Waals surface area contributed by atoms with Crippen LogP contribution in [0.15, 0.2) is 24.4 Å². The molecule has 2 aromatic heterocycles. The van der Waals surface area contributed by atoms with E-state index in [-0.39, 0.29) is 0 Å². The van der Waals surface area contributed by atoms with E-state index in [4.69, 9.17) is 5.21 Å². The van der Waals surface area contributed by atoms with E-state index < -0.39 is 5.91 Å². The van der Waals surface area contributed by atoms with E-state index in [2.05, 4.69) is 12.0 Å². The standard InChI is InChI=1S/C16H23N3O2S/c1-2-3-4-5-6-7-11-19-12-10-13(17-19)14-8-9-15(22-14)16(20)18-21/h8-10,12,21H,2-7,11H2,1H3,(H,18,20). The first-order chi connectivity index (χ1) is 10.7. The van der Waals surface area contributed by atoms with Gasteiger partial charge in [0.2, 0.25) is 0 Å². The van der Waals surface area contributed by atoms with E-state index in [1.807, 2.05) is 23.0 Å². The van der Waals surface area contributed by atoms with Crippen LogP contribution in [0.3, 0.4) is 0 Å². The van der Waals surface area contributed by atoms with Crippen LogP contribution in [-0.2, 0) is 6.54 Å². The maximum Gasteiger partial charge on any atom is 0.284 e. The lowest BCUT2D eigenvalue weighted by atomic mass is 10.1. The lowest BCUT2D eigenvalue weighted by molar-refractivity contribution is 0.0711. The monoisotopic (exact) mass is 321 g/mol. The Labute approximate surface area is 134 Å². The SMILES string of the molecule is CCCCCCCCn1ccc(-c2ccc(C(=O)NO)s2)n1. The number of thiophene rings is 1. The summed E-state index contributed by atoms with van der Waals surface area (Å²) in [5.41, 5.74) is 2.51. The van der Waals surface area contributed by atoms with Gasteiger partial charge in [0.25, 0.3) is 5.91 Å². The van der Waals surface area contributed by atoms with Crippen molar-refractivity contribution in [3.8, 4) is 10.6 Å². The van der Waals surface area contributed by atoms with Gasteiger partial charge in [0.15, 0.2) is 0 Å². The molecule has 22 heavy (non-hydrogen) atoms. The van der Waals surface area contributed by atoms with E-state index in [0.29, 0.717) is 4.88 Å². The van der Waals surface area contributed by atoms with Crippen molar-refractivity contribution in [2.24, 2.45) is 0 Å². The van der Waals surface area contributed by atoms with E-state index >= 15 is 0 Å². The van der Waals surface area contributed by atoms with Crippen LogP contribution in [0, 0.1) is 0 Å². The Bertz CT molecular complexity index is 592. The van der Waals surface area contributed by atoms with E-state index in [1.54, 1.807) is 11.5 Å². The second kappa shape index (κ2) is 8.70. The van der Waals surface area contributed by atoms with Crippen LogP contribution < -0.4 is 5.48 Å². The Kier molecular flexibility index (Phi) is 6.61. The second-order valence-corrected chi connectivity index (χ2v) is 6.42. The number of rotatable bonds is 9. The molecule has 120 valence electrons. The first kappa shape index (κ1) is 16.7. The molecule has 0 saturated carbocycles. The van der Waals surface area contributed by atoms with Crippen molar-refractivity contribution < 1.29 is 10.0 Å². The molecule has 2 N–H and O–H groups in total. The minimum atomic E-state index is -0.484. The van der Waals surface area contributed by atoms with E-state index in [1.165, 1.54) is 43.4 Å². The van der Waals surface area contributed by atoms with Gasteiger partial charge in [-0.3, -0.25) is 14.7 Å². The second-order valence-electron chi connectivity index (χ2n) is 5.34. The highest BCUT2D eigenvalue weighted by Crippen LogP contribution is 2.26. The fourth-order valence-electron chi connectivity index (χ4n) is 2.32. The summed E-state index contributed by atoms with van der Waals surface area (Å²) < 4.78 is 1.96. The van der Waals surface area contributed by atoms with Crippen molar-refractivity contribution in [2.75, 3.05) is 0 Å². The molecule has 6 heteroatoms. The molecule has 2 heterocycles. The molecule has 2 aromatic rings. The highest BCUT2D eigenvalue weighted by Gasteiger charge is 2.11. The molecule has 0 aromatic carbocycles. The Morgan fingerprint density at radius 3 is 2.77 bits per heavy atom. The number of aromatic nitrogens is 2. The first-order valence-corrected chi connectivity index (χ1v) is 8.64. The lowest BCUT2D eigenvalue weighted by Crippen LogP contribution is -2.16. The van der Waals surface area contributed by atoms with Gasteiger partial charge in [0.1, 0.15) is 5.69 Å². The summed E-state index contributed by atoms with van der Waals surface area (Å²) in [4.78, 5) is 12.7. The summed E-state index contributed by atoms with van der Waals surface area (Å²) in [5, 5.41) is 13.2. The van der Waals surface area contributed by atoms with Crippen LogP contribution in [0.25, 0.3) is 10.6 Å². The molecule has 0 fully saturated rings. The van der Waals surface area contributed by atoms with Gasteiger partial charge in [-0.15, -0.1) is 11.3 Å². The third kappa shape index (κ3) is 4.68. The number of amides is 1. The Balaban J connectivity index is 1.83. The van der Waals surface area contributed by atoms with Crippen molar-refractivity contribution >= 4 is 17.2 Å². The van der Waals surface area contributed by atoms with Crippen molar-refractivity contribution in [3.63, 3.8) is 0 Å². The normalized spacial score (nSPS) is 10.8. The predicted octanol–water partition coefficient (Wildman–Crippen LogP) is 4.09. The van der Waals surface area contributed by atoms with Gasteiger partial charge in [-0.25, -0.2) is 5.48 Å². The summed E-state index contributed by atoms with van der Waals surface area (Å²) >= 11 is 1.32. The summed E-state index contributed by atoms with van der Waals surface area (Å²) in [6.45, 7) is 3.16. The summed E-state index contributed by atoms with van der Waals surface area (Å²) in [6, 6.07) is 5.51. The topological polar surface area (TPSA) is 67.2 Å². The molecule has 0 saturated heterocycles. The van der Waals surface area contributed by atoms with Crippen molar-refractivity contribution in [2.45, 2.75) is 52.0 Å². The van der Waals surface area contributed by atoms with Gasteiger partial charge in [-0.2, -0.15) is 5.10 Å². The molecule has 0 aliphatic carbocycles. The van der Waals surface area contributed by atoms with Gasteiger partial charge in [-0.05, 0) is 24.6 Å². The number of carbonyl (C=O) groups is 1. The molecular weight excluding hydrogens is 298 g/mol. The fraction of sp³-hybridized carbons (Fsp3) is 0.500. The zero-order valence-electron chi connectivity index (χ0n) is 12.9. The van der Waals surface area contributed by atoms with Crippen molar-refractivity contribution in [3.05, 3.63) is 29.3 Å². The quantitative estimate of drug-likeness (QED) is 0.415. The highest BCUT2D eigenvalue weighted by molar-refractivity contribution is 7.17. The zero-order chi connectivity index (χ0) is 15.8. The van der Waals surface area contributed by atoms with Crippen LogP contribution in [0.4, 0.5) is 0 Å². The smallest absolute Gasteiger partial charge is 0.284 e. The number of hydrogen-bond donors (Lipinski definition) is 2. The third-order valence-corrected chi connectivity index (χ3v) is 4.67. The Morgan fingerprint density at radius 2 is 2.00 bits per heavy atom. The van der Waals surface area contributed by atoms with Gasteiger partial charge in [-0.1, -0.05) is 39.0 Å².